The van der Waals surface area contributed by atoms with Gasteiger partial charge in [-0.15, -0.1) is 0 Å². The lowest BCUT2D eigenvalue weighted by Crippen LogP contribution is -2.05. The van der Waals surface area contributed by atoms with Gasteiger partial charge in [-0.1, -0.05) is 54.6 Å². The summed E-state index contributed by atoms with van der Waals surface area (Å²) in [5.41, 5.74) is 4.26. The van der Waals surface area contributed by atoms with Gasteiger partial charge in [0, 0.05) is 5.92 Å². The number of allylic oxidation sites excluding steroid dienone is 5. The third-order valence-electron chi connectivity index (χ3n) is 3.24. The Morgan fingerprint density at radius 3 is 3.07 bits per heavy atom. The summed E-state index contributed by atoms with van der Waals surface area (Å²) in [6.45, 7) is 0. The van der Waals surface area contributed by atoms with Gasteiger partial charge in [0.1, 0.15) is 0 Å². The van der Waals surface area contributed by atoms with Gasteiger partial charge >= 0.3 is 0 Å². The summed E-state index contributed by atoms with van der Waals surface area (Å²) in [5.74, 6) is 0.620. The van der Waals surface area contributed by atoms with Gasteiger partial charge in [-0.3, -0.25) is 0 Å². The number of hydrogen-bond acceptors (Lipinski definition) is 0. The van der Waals surface area contributed by atoms with Gasteiger partial charge in [0.25, 0.3) is 0 Å². The minimum atomic E-state index is 0.620. The Morgan fingerprint density at radius 2 is 2.07 bits per heavy atom. The van der Waals surface area contributed by atoms with E-state index in [1.807, 2.05) is 0 Å². The molecule has 0 saturated heterocycles. The number of fused-ring (bicyclic) bond motifs is 3. The molecule has 0 aliphatic heterocycles. The van der Waals surface area contributed by atoms with E-state index in [-0.39, 0.29) is 0 Å². The molecule has 1 aromatic carbocycles. The molecular weight excluding hydrogens is 180 g/mol. The SMILES string of the molecule is C1=CCCC2C=Cc3ccccc3C2=C1. The van der Waals surface area contributed by atoms with Crippen molar-refractivity contribution in [3.8, 4) is 0 Å². The zero-order chi connectivity index (χ0) is 10.1. The maximum Gasteiger partial charge on any atom is 0.00304 e. The molecule has 0 heterocycles. The van der Waals surface area contributed by atoms with Crippen LogP contribution in [0.1, 0.15) is 24.0 Å². The van der Waals surface area contributed by atoms with E-state index in [0.29, 0.717) is 5.92 Å². The van der Waals surface area contributed by atoms with E-state index in [1.165, 1.54) is 29.5 Å². The van der Waals surface area contributed by atoms with Crippen LogP contribution in [-0.4, -0.2) is 0 Å². The molecular formula is C15H14. The molecule has 0 heteroatoms. The van der Waals surface area contributed by atoms with Gasteiger partial charge < -0.3 is 0 Å². The first-order chi connectivity index (χ1) is 7.45. The average molecular weight is 194 g/mol. The van der Waals surface area contributed by atoms with Gasteiger partial charge in [0.2, 0.25) is 0 Å². The van der Waals surface area contributed by atoms with Crippen molar-refractivity contribution < 1.29 is 0 Å². The average Bonchev–Trinajstić information content (AvgIpc) is 2.54. The molecule has 2 aliphatic rings. The first-order valence-corrected chi connectivity index (χ1v) is 5.59. The van der Waals surface area contributed by atoms with Crippen molar-refractivity contribution in [1.29, 1.82) is 0 Å². The summed E-state index contributed by atoms with van der Waals surface area (Å²) >= 11 is 0. The molecule has 0 saturated carbocycles. The van der Waals surface area contributed by atoms with Crippen LogP contribution in [-0.2, 0) is 0 Å². The first-order valence-electron chi connectivity index (χ1n) is 5.59. The highest BCUT2D eigenvalue weighted by atomic mass is 14.2. The highest BCUT2D eigenvalue weighted by molar-refractivity contribution is 5.81. The van der Waals surface area contributed by atoms with Crippen LogP contribution >= 0.6 is 0 Å². The third-order valence-corrected chi connectivity index (χ3v) is 3.24. The molecule has 0 spiro atoms. The fraction of sp³-hybridized carbons (Fsp3) is 0.200. The maximum atomic E-state index is 2.35. The van der Waals surface area contributed by atoms with Crippen LogP contribution in [0.3, 0.4) is 0 Å². The molecule has 2 aliphatic carbocycles. The van der Waals surface area contributed by atoms with E-state index < -0.39 is 0 Å². The van der Waals surface area contributed by atoms with Gasteiger partial charge in [-0.05, 0) is 29.5 Å². The lowest BCUT2D eigenvalue weighted by Gasteiger charge is -2.21. The van der Waals surface area contributed by atoms with Crippen LogP contribution in [0.4, 0.5) is 0 Å². The molecule has 0 bridgehead atoms. The first kappa shape index (κ1) is 8.72. The zero-order valence-corrected chi connectivity index (χ0v) is 8.69. The summed E-state index contributed by atoms with van der Waals surface area (Å²) in [5, 5.41) is 0. The van der Waals surface area contributed by atoms with Gasteiger partial charge in [-0.2, -0.15) is 0 Å². The van der Waals surface area contributed by atoms with E-state index >= 15 is 0 Å². The van der Waals surface area contributed by atoms with E-state index in [2.05, 4.69) is 54.6 Å². The van der Waals surface area contributed by atoms with Gasteiger partial charge in [0.15, 0.2) is 0 Å². The summed E-state index contributed by atoms with van der Waals surface area (Å²) < 4.78 is 0. The molecule has 0 fully saturated rings. The molecule has 0 amide bonds. The second kappa shape index (κ2) is 3.54. The minimum absolute atomic E-state index is 0.620. The monoisotopic (exact) mass is 194 g/mol. The predicted molar refractivity (Wildman–Crippen MR) is 65.3 cm³/mol. The topological polar surface area (TPSA) is 0 Å². The molecule has 0 N–H and O–H groups in total. The smallest absolute Gasteiger partial charge is 0.00304 e. The molecule has 0 nitrogen and oxygen atoms in total. The Hall–Kier alpha value is -1.56. The number of benzene rings is 1. The molecule has 1 atom stereocenters. The summed E-state index contributed by atoms with van der Waals surface area (Å²) in [6, 6.07) is 8.66. The van der Waals surface area contributed by atoms with Crippen molar-refractivity contribution in [1.82, 2.24) is 0 Å². The standard InChI is InChI=1S/C15H14/c1-2-6-12-10-11-13-7-4-5-9-15(13)14(12)8-3-1/h1,3-5,7-12H,2,6H2. The van der Waals surface area contributed by atoms with Crippen LogP contribution < -0.4 is 0 Å². The summed E-state index contributed by atoms with van der Waals surface area (Å²) in [6.07, 6.45) is 13.8. The Labute approximate surface area is 90.6 Å². The Morgan fingerprint density at radius 1 is 1.13 bits per heavy atom. The molecule has 1 unspecified atom stereocenters. The molecule has 3 rings (SSSR count). The molecule has 0 radical (unpaired) electrons. The Bertz CT molecular complexity index is 461. The molecule has 15 heavy (non-hydrogen) atoms. The van der Waals surface area contributed by atoms with Crippen LogP contribution in [0.5, 0.6) is 0 Å². The van der Waals surface area contributed by atoms with E-state index in [0.717, 1.165) is 0 Å². The van der Waals surface area contributed by atoms with Crippen LogP contribution in [0.25, 0.3) is 11.6 Å². The lowest BCUT2D eigenvalue weighted by atomic mass is 9.83. The van der Waals surface area contributed by atoms with Crippen molar-refractivity contribution in [3.05, 3.63) is 59.7 Å². The third kappa shape index (κ3) is 1.46. The fourth-order valence-corrected chi connectivity index (χ4v) is 2.44. The van der Waals surface area contributed by atoms with Crippen molar-refractivity contribution in [3.63, 3.8) is 0 Å². The van der Waals surface area contributed by atoms with Crippen LogP contribution in [0.15, 0.2) is 48.6 Å². The Balaban J connectivity index is 2.16. The summed E-state index contributed by atoms with van der Waals surface area (Å²) in [7, 11) is 0. The quantitative estimate of drug-likeness (QED) is 0.584. The number of hydrogen-bond donors (Lipinski definition) is 0. The zero-order valence-electron chi connectivity index (χ0n) is 8.69. The van der Waals surface area contributed by atoms with Crippen molar-refractivity contribution in [2.45, 2.75) is 12.8 Å². The second-order valence-corrected chi connectivity index (χ2v) is 4.18. The fourth-order valence-electron chi connectivity index (χ4n) is 2.44. The minimum Gasteiger partial charge on any atom is -0.0845 e. The van der Waals surface area contributed by atoms with Crippen LogP contribution in [0, 0.1) is 5.92 Å². The second-order valence-electron chi connectivity index (χ2n) is 4.18. The van der Waals surface area contributed by atoms with Gasteiger partial charge in [0.05, 0.1) is 0 Å². The molecule has 74 valence electrons. The van der Waals surface area contributed by atoms with Gasteiger partial charge in [-0.25, -0.2) is 0 Å². The lowest BCUT2D eigenvalue weighted by molar-refractivity contribution is 0.742. The Kier molecular flexibility index (Phi) is 2.06. The van der Waals surface area contributed by atoms with Crippen molar-refractivity contribution in [2.75, 3.05) is 0 Å². The van der Waals surface area contributed by atoms with E-state index in [9.17, 15) is 0 Å². The summed E-state index contributed by atoms with van der Waals surface area (Å²) in [4.78, 5) is 0. The van der Waals surface area contributed by atoms with Crippen LogP contribution in [0.2, 0.25) is 0 Å². The normalized spacial score (nSPS) is 22.7. The van der Waals surface area contributed by atoms with E-state index in [4.69, 9.17) is 0 Å². The van der Waals surface area contributed by atoms with Crippen molar-refractivity contribution >= 4 is 11.6 Å². The van der Waals surface area contributed by atoms with E-state index in [1.54, 1.807) is 0 Å². The highest BCUT2D eigenvalue weighted by Crippen LogP contribution is 2.36. The largest absolute Gasteiger partial charge is 0.0845 e. The molecule has 1 aromatic rings. The van der Waals surface area contributed by atoms with Crippen molar-refractivity contribution in [2.24, 2.45) is 5.92 Å². The maximum absolute atomic E-state index is 2.35. The highest BCUT2D eigenvalue weighted by Gasteiger charge is 2.18. The molecule has 0 aromatic heterocycles. The number of rotatable bonds is 0. The predicted octanol–water partition coefficient (Wildman–Crippen LogP) is 4.06.